The van der Waals surface area contributed by atoms with Gasteiger partial charge in [-0.15, -0.1) is 11.3 Å². The van der Waals surface area contributed by atoms with Crippen molar-refractivity contribution in [3.05, 3.63) is 237 Å². The summed E-state index contributed by atoms with van der Waals surface area (Å²) in [4.78, 5) is 2.46. The summed E-state index contributed by atoms with van der Waals surface area (Å²) in [5.41, 5.74) is 15.2. The van der Waals surface area contributed by atoms with E-state index in [9.17, 15) is 0 Å². The van der Waals surface area contributed by atoms with Crippen LogP contribution in [0.2, 0.25) is 0 Å². The summed E-state index contributed by atoms with van der Waals surface area (Å²) in [7, 11) is 0. The van der Waals surface area contributed by atoms with Gasteiger partial charge in [-0.25, -0.2) is 0 Å². The van der Waals surface area contributed by atoms with Gasteiger partial charge in [-0.1, -0.05) is 188 Å². The van der Waals surface area contributed by atoms with Gasteiger partial charge in [-0.3, -0.25) is 0 Å². The largest absolute Gasteiger partial charge is 0.310 e. The van der Waals surface area contributed by atoms with Gasteiger partial charge in [0.25, 0.3) is 0 Å². The van der Waals surface area contributed by atoms with Gasteiger partial charge in [0.15, 0.2) is 0 Å². The molecule has 0 bridgehead atoms. The van der Waals surface area contributed by atoms with E-state index in [0.29, 0.717) is 0 Å². The van der Waals surface area contributed by atoms with Gasteiger partial charge >= 0.3 is 0 Å². The van der Waals surface area contributed by atoms with Crippen molar-refractivity contribution >= 4 is 59.3 Å². The van der Waals surface area contributed by atoms with Gasteiger partial charge in [0.05, 0.1) is 5.69 Å². The van der Waals surface area contributed by atoms with Crippen LogP contribution in [0.15, 0.2) is 237 Å². The Labute approximate surface area is 354 Å². The van der Waals surface area contributed by atoms with Crippen LogP contribution in [0.4, 0.5) is 17.1 Å². The predicted octanol–water partition coefficient (Wildman–Crippen LogP) is 17.0. The highest BCUT2D eigenvalue weighted by atomic mass is 32.1. The summed E-state index contributed by atoms with van der Waals surface area (Å²) in [5, 5.41) is 5.10. The summed E-state index contributed by atoms with van der Waals surface area (Å²) in [6, 6.07) is 86.3. The van der Waals surface area contributed by atoms with Crippen molar-refractivity contribution in [3.63, 3.8) is 0 Å². The third kappa shape index (κ3) is 6.44. The van der Waals surface area contributed by atoms with Crippen molar-refractivity contribution in [2.75, 3.05) is 4.90 Å². The first-order valence-electron chi connectivity index (χ1n) is 20.5. The number of thiophene rings is 1. The van der Waals surface area contributed by atoms with Crippen LogP contribution in [0.1, 0.15) is 0 Å². The standard InChI is InChI=1S/C58H39NS/c1-3-17-41(18-4-1)49-24-9-10-25-52(49)57-50(42-19-5-2-6-20-42)27-14-29-54(57)59(48-23-13-22-45(39-48)46-33-32-40-16-7-8-21-44(40)38-46)47-36-34-43(35-37-47)51-28-15-31-56-58(51)53-26-11-12-30-55(53)60-56/h1-39H. The molecule has 1 aromatic heterocycles. The Morgan fingerprint density at radius 3 is 1.67 bits per heavy atom. The lowest BCUT2D eigenvalue weighted by Gasteiger charge is -2.30. The fraction of sp³-hybridized carbons (Fsp3) is 0. The average molecular weight is 782 g/mol. The van der Waals surface area contributed by atoms with Crippen LogP contribution in [-0.2, 0) is 0 Å². The monoisotopic (exact) mass is 781 g/mol. The molecule has 0 aliphatic carbocycles. The van der Waals surface area contributed by atoms with E-state index in [2.05, 4.69) is 241 Å². The van der Waals surface area contributed by atoms with Gasteiger partial charge in [-0.2, -0.15) is 0 Å². The van der Waals surface area contributed by atoms with E-state index in [1.807, 2.05) is 11.3 Å². The summed E-state index contributed by atoms with van der Waals surface area (Å²) in [6.45, 7) is 0. The van der Waals surface area contributed by atoms with E-state index < -0.39 is 0 Å². The van der Waals surface area contributed by atoms with Crippen molar-refractivity contribution in [1.82, 2.24) is 0 Å². The van der Waals surface area contributed by atoms with E-state index >= 15 is 0 Å². The van der Waals surface area contributed by atoms with Crippen LogP contribution in [0.3, 0.4) is 0 Å². The minimum absolute atomic E-state index is 1.08. The maximum Gasteiger partial charge on any atom is 0.0546 e. The molecule has 1 nitrogen and oxygen atoms in total. The van der Waals surface area contributed by atoms with Crippen molar-refractivity contribution < 1.29 is 0 Å². The fourth-order valence-corrected chi connectivity index (χ4v) is 10.00. The molecule has 282 valence electrons. The third-order valence-corrected chi connectivity index (χ3v) is 12.8. The average Bonchev–Trinajstić information content (AvgIpc) is 3.72. The molecule has 2 heteroatoms. The van der Waals surface area contributed by atoms with Crippen molar-refractivity contribution in [1.29, 1.82) is 0 Å². The molecule has 0 radical (unpaired) electrons. The first-order chi connectivity index (χ1) is 29.8. The number of benzene rings is 10. The molecule has 0 saturated heterocycles. The smallest absolute Gasteiger partial charge is 0.0546 e. The van der Waals surface area contributed by atoms with E-state index in [0.717, 1.165) is 17.1 Å². The third-order valence-electron chi connectivity index (χ3n) is 11.7. The zero-order valence-electron chi connectivity index (χ0n) is 32.9. The highest BCUT2D eigenvalue weighted by Gasteiger charge is 2.23. The Morgan fingerprint density at radius 1 is 0.300 bits per heavy atom. The molecule has 0 aliphatic rings. The second-order valence-corrected chi connectivity index (χ2v) is 16.3. The summed E-state index contributed by atoms with van der Waals surface area (Å²) >= 11 is 1.86. The second-order valence-electron chi connectivity index (χ2n) is 15.2. The van der Waals surface area contributed by atoms with E-state index in [1.165, 1.54) is 86.6 Å². The first kappa shape index (κ1) is 35.6. The van der Waals surface area contributed by atoms with Crippen LogP contribution >= 0.6 is 11.3 Å². The van der Waals surface area contributed by atoms with Crippen LogP contribution in [-0.4, -0.2) is 0 Å². The Kier molecular flexibility index (Phi) is 9.11. The molecule has 60 heavy (non-hydrogen) atoms. The highest BCUT2D eigenvalue weighted by molar-refractivity contribution is 7.25. The lowest BCUT2D eigenvalue weighted by atomic mass is 9.87. The lowest BCUT2D eigenvalue weighted by molar-refractivity contribution is 1.28. The quantitative estimate of drug-likeness (QED) is 0.148. The lowest BCUT2D eigenvalue weighted by Crippen LogP contribution is -2.12. The number of hydrogen-bond acceptors (Lipinski definition) is 2. The summed E-state index contributed by atoms with van der Waals surface area (Å²) < 4.78 is 2.63. The minimum Gasteiger partial charge on any atom is -0.310 e. The Morgan fingerprint density at radius 2 is 0.850 bits per heavy atom. The molecule has 0 amide bonds. The van der Waals surface area contributed by atoms with E-state index in [1.54, 1.807) is 0 Å². The normalized spacial score (nSPS) is 11.3. The zero-order chi connectivity index (χ0) is 39.8. The maximum absolute atomic E-state index is 2.46. The molecular weight excluding hydrogens is 743 g/mol. The van der Waals surface area contributed by atoms with Gasteiger partial charge in [0.2, 0.25) is 0 Å². The molecule has 0 saturated carbocycles. The topological polar surface area (TPSA) is 3.24 Å². The number of anilines is 3. The zero-order valence-corrected chi connectivity index (χ0v) is 33.7. The minimum atomic E-state index is 1.08. The molecule has 0 atom stereocenters. The number of nitrogens with zero attached hydrogens (tertiary/aromatic N) is 1. The molecule has 0 N–H and O–H groups in total. The fourth-order valence-electron chi connectivity index (χ4n) is 8.86. The van der Waals surface area contributed by atoms with Gasteiger partial charge in [-0.05, 0) is 109 Å². The number of rotatable bonds is 8. The van der Waals surface area contributed by atoms with E-state index in [-0.39, 0.29) is 0 Å². The van der Waals surface area contributed by atoms with E-state index in [4.69, 9.17) is 0 Å². The Balaban J connectivity index is 1.14. The molecule has 0 aliphatic heterocycles. The van der Waals surface area contributed by atoms with Crippen LogP contribution in [0.5, 0.6) is 0 Å². The van der Waals surface area contributed by atoms with Gasteiger partial charge in [0, 0.05) is 37.1 Å². The molecule has 11 aromatic rings. The molecule has 0 spiro atoms. The molecule has 11 rings (SSSR count). The van der Waals surface area contributed by atoms with Crippen molar-refractivity contribution in [2.45, 2.75) is 0 Å². The maximum atomic E-state index is 2.46. The Hall–Kier alpha value is -7.52. The van der Waals surface area contributed by atoms with Crippen LogP contribution in [0, 0.1) is 0 Å². The first-order valence-corrected chi connectivity index (χ1v) is 21.3. The number of hydrogen-bond donors (Lipinski definition) is 0. The molecule has 0 unspecified atom stereocenters. The van der Waals surface area contributed by atoms with Crippen molar-refractivity contribution in [2.24, 2.45) is 0 Å². The Bertz CT molecular complexity index is 3310. The second kappa shape index (κ2) is 15.3. The van der Waals surface area contributed by atoms with Crippen LogP contribution < -0.4 is 4.90 Å². The van der Waals surface area contributed by atoms with Gasteiger partial charge in [0.1, 0.15) is 0 Å². The number of fused-ring (bicyclic) bond motifs is 4. The molecule has 10 aromatic carbocycles. The highest BCUT2D eigenvalue weighted by Crippen LogP contribution is 2.49. The molecule has 0 fully saturated rings. The molecular formula is C58H39NS. The summed E-state index contributed by atoms with van der Waals surface area (Å²) in [5.74, 6) is 0. The van der Waals surface area contributed by atoms with Crippen LogP contribution in [0.25, 0.3) is 86.6 Å². The van der Waals surface area contributed by atoms with Gasteiger partial charge < -0.3 is 4.90 Å². The van der Waals surface area contributed by atoms with Crippen molar-refractivity contribution in [3.8, 4) is 55.6 Å². The SMILES string of the molecule is c1ccc(-c2ccccc2-c2c(-c3ccccc3)cccc2N(c2ccc(-c3cccc4sc5ccccc5c34)cc2)c2cccc(-c3ccc4ccccc4c3)c2)cc1. The predicted molar refractivity (Wildman–Crippen MR) is 259 cm³/mol. The molecule has 1 heterocycles. The summed E-state index contributed by atoms with van der Waals surface area (Å²) in [6.07, 6.45) is 0.